The summed E-state index contributed by atoms with van der Waals surface area (Å²) >= 11 is 0. The smallest absolute Gasteiger partial charge is 0.320 e. The quantitative estimate of drug-likeness (QED) is 0.828. The van der Waals surface area contributed by atoms with Crippen LogP contribution in [0, 0.1) is 17.6 Å². The monoisotopic (exact) mass is 241 g/mol. The highest BCUT2D eigenvalue weighted by molar-refractivity contribution is 5.74. The van der Waals surface area contributed by atoms with Gasteiger partial charge in [-0.05, 0) is 37.0 Å². The Bertz CT molecular complexity index is 433. The Labute approximate surface area is 97.5 Å². The highest BCUT2D eigenvalue weighted by Crippen LogP contribution is 2.32. The van der Waals surface area contributed by atoms with Crippen LogP contribution in [0.5, 0.6) is 0 Å². The van der Waals surface area contributed by atoms with Crippen molar-refractivity contribution in [1.29, 1.82) is 0 Å². The summed E-state index contributed by atoms with van der Waals surface area (Å²) in [5.74, 6) is -1.88. The molecule has 3 nitrogen and oxygen atoms in total. The van der Waals surface area contributed by atoms with Crippen molar-refractivity contribution in [2.75, 3.05) is 0 Å². The van der Waals surface area contributed by atoms with E-state index < -0.39 is 23.6 Å². The number of benzene rings is 1. The van der Waals surface area contributed by atoms with Gasteiger partial charge in [0, 0.05) is 12.1 Å². The Morgan fingerprint density at radius 2 is 2.18 bits per heavy atom. The van der Waals surface area contributed by atoms with Gasteiger partial charge >= 0.3 is 5.97 Å². The van der Waals surface area contributed by atoms with Gasteiger partial charge in [-0.15, -0.1) is 0 Å². The number of carboxylic acids is 1. The molecule has 0 aromatic heterocycles. The lowest BCUT2D eigenvalue weighted by atomic mass is 10.1. The molecule has 1 fully saturated rings. The molecule has 17 heavy (non-hydrogen) atoms. The van der Waals surface area contributed by atoms with Crippen LogP contribution in [0.3, 0.4) is 0 Å². The zero-order valence-corrected chi connectivity index (χ0v) is 9.12. The van der Waals surface area contributed by atoms with Crippen LogP contribution >= 0.6 is 0 Å². The molecule has 1 saturated carbocycles. The van der Waals surface area contributed by atoms with Gasteiger partial charge in [0.2, 0.25) is 0 Å². The van der Waals surface area contributed by atoms with E-state index in [1.807, 2.05) is 0 Å². The Morgan fingerprint density at radius 3 is 2.76 bits per heavy atom. The molecule has 92 valence electrons. The molecular formula is C12H13F2NO2. The number of aliphatic carboxylic acids is 1. The molecule has 0 radical (unpaired) electrons. The van der Waals surface area contributed by atoms with Gasteiger partial charge in [0.15, 0.2) is 0 Å². The molecule has 0 heterocycles. The predicted molar refractivity (Wildman–Crippen MR) is 57.3 cm³/mol. The minimum absolute atomic E-state index is 0.0249. The maximum absolute atomic E-state index is 13.3. The lowest BCUT2D eigenvalue weighted by Crippen LogP contribution is -2.38. The standard InChI is InChI=1S/C12H13F2NO2/c13-9-3-4-10(14)8(5-9)6-15-11(12(16)17)7-1-2-7/h3-5,7,11,15H,1-2,6H2,(H,16,17). The largest absolute Gasteiger partial charge is 0.480 e. The third-order valence-electron chi connectivity index (χ3n) is 2.88. The normalized spacial score (nSPS) is 16.8. The van der Waals surface area contributed by atoms with Crippen LogP contribution in [-0.2, 0) is 11.3 Å². The number of carboxylic acid groups (broad SMARTS) is 1. The fourth-order valence-corrected chi connectivity index (χ4v) is 1.78. The summed E-state index contributed by atoms with van der Waals surface area (Å²) in [4.78, 5) is 10.9. The summed E-state index contributed by atoms with van der Waals surface area (Å²) in [6, 6.07) is 2.49. The van der Waals surface area contributed by atoms with Crippen LogP contribution in [0.15, 0.2) is 18.2 Å². The van der Waals surface area contributed by atoms with Crippen molar-refractivity contribution in [3.8, 4) is 0 Å². The minimum atomic E-state index is -0.940. The van der Waals surface area contributed by atoms with Gasteiger partial charge in [0.1, 0.15) is 17.7 Å². The molecule has 2 rings (SSSR count). The summed E-state index contributed by atoms with van der Waals surface area (Å²) in [5, 5.41) is 11.7. The zero-order chi connectivity index (χ0) is 12.4. The predicted octanol–water partition coefficient (Wildman–Crippen LogP) is 1.92. The van der Waals surface area contributed by atoms with Gasteiger partial charge in [-0.1, -0.05) is 0 Å². The SMILES string of the molecule is O=C(O)C(NCc1cc(F)ccc1F)C1CC1. The van der Waals surface area contributed by atoms with E-state index in [0.29, 0.717) is 0 Å². The summed E-state index contributed by atoms with van der Waals surface area (Å²) in [7, 11) is 0. The van der Waals surface area contributed by atoms with Crippen molar-refractivity contribution < 1.29 is 18.7 Å². The van der Waals surface area contributed by atoms with Crippen LogP contribution in [0.1, 0.15) is 18.4 Å². The van der Waals surface area contributed by atoms with Crippen LogP contribution in [0.2, 0.25) is 0 Å². The second-order valence-corrected chi connectivity index (χ2v) is 4.27. The first-order valence-electron chi connectivity index (χ1n) is 5.48. The second kappa shape index (κ2) is 4.79. The van der Waals surface area contributed by atoms with Crippen molar-refractivity contribution in [2.45, 2.75) is 25.4 Å². The first kappa shape index (κ1) is 12.0. The van der Waals surface area contributed by atoms with Crippen LogP contribution in [-0.4, -0.2) is 17.1 Å². The first-order chi connectivity index (χ1) is 8.08. The molecule has 0 bridgehead atoms. The number of carbonyl (C=O) groups is 1. The van der Waals surface area contributed by atoms with E-state index in [0.717, 1.165) is 31.0 Å². The van der Waals surface area contributed by atoms with Crippen molar-refractivity contribution in [2.24, 2.45) is 5.92 Å². The summed E-state index contributed by atoms with van der Waals surface area (Å²) in [6.45, 7) is 0.0249. The molecule has 2 N–H and O–H groups in total. The van der Waals surface area contributed by atoms with Gasteiger partial charge < -0.3 is 5.11 Å². The molecule has 5 heteroatoms. The molecule has 0 saturated heterocycles. The van der Waals surface area contributed by atoms with Crippen LogP contribution < -0.4 is 5.32 Å². The molecule has 0 spiro atoms. The lowest BCUT2D eigenvalue weighted by Gasteiger charge is -2.13. The number of rotatable bonds is 5. The Balaban J connectivity index is 2.00. The highest BCUT2D eigenvalue weighted by atomic mass is 19.1. The van der Waals surface area contributed by atoms with Gasteiger partial charge in [0.05, 0.1) is 0 Å². The Morgan fingerprint density at radius 1 is 1.47 bits per heavy atom. The molecule has 1 unspecified atom stereocenters. The molecule has 1 atom stereocenters. The van der Waals surface area contributed by atoms with Crippen LogP contribution in [0.25, 0.3) is 0 Å². The molecule has 1 aliphatic carbocycles. The maximum Gasteiger partial charge on any atom is 0.320 e. The zero-order valence-electron chi connectivity index (χ0n) is 9.12. The van der Waals surface area contributed by atoms with Gasteiger partial charge in [-0.25, -0.2) is 8.78 Å². The van der Waals surface area contributed by atoms with Crippen molar-refractivity contribution in [1.82, 2.24) is 5.32 Å². The fourth-order valence-electron chi connectivity index (χ4n) is 1.78. The van der Waals surface area contributed by atoms with E-state index in [9.17, 15) is 13.6 Å². The minimum Gasteiger partial charge on any atom is -0.480 e. The molecule has 1 aliphatic rings. The van der Waals surface area contributed by atoms with Gasteiger partial charge in [-0.3, -0.25) is 10.1 Å². The summed E-state index contributed by atoms with van der Waals surface area (Å²) in [6.07, 6.45) is 1.74. The maximum atomic E-state index is 13.3. The summed E-state index contributed by atoms with van der Waals surface area (Å²) < 4.78 is 26.2. The molecule has 0 aliphatic heterocycles. The third kappa shape index (κ3) is 3.00. The molecule has 0 amide bonds. The number of hydrogen-bond donors (Lipinski definition) is 2. The van der Waals surface area contributed by atoms with Gasteiger partial charge in [-0.2, -0.15) is 0 Å². The van der Waals surface area contributed by atoms with Crippen LogP contribution in [0.4, 0.5) is 8.78 Å². The number of hydrogen-bond acceptors (Lipinski definition) is 2. The highest BCUT2D eigenvalue weighted by Gasteiger charge is 2.35. The molecule has 1 aromatic rings. The molecular weight excluding hydrogens is 228 g/mol. The van der Waals surface area contributed by atoms with E-state index in [1.54, 1.807) is 0 Å². The van der Waals surface area contributed by atoms with Crippen molar-refractivity contribution >= 4 is 5.97 Å². The van der Waals surface area contributed by atoms with E-state index in [1.165, 1.54) is 0 Å². The van der Waals surface area contributed by atoms with Crippen molar-refractivity contribution in [3.63, 3.8) is 0 Å². The topological polar surface area (TPSA) is 49.3 Å². The van der Waals surface area contributed by atoms with Crippen molar-refractivity contribution in [3.05, 3.63) is 35.4 Å². The first-order valence-corrected chi connectivity index (χ1v) is 5.48. The van der Waals surface area contributed by atoms with E-state index >= 15 is 0 Å². The van der Waals surface area contributed by atoms with Gasteiger partial charge in [0.25, 0.3) is 0 Å². The lowest BCUT2D eigenvalue weighted by molar-refractivity contribution is -0.140. The third-order valence-corrected chi connectivity index (χ3v) is 2.88. The number of halogens is 2. The Kier molecular flexibility index (Phi) is 3.38. The van der Waals surface area contributed by atoms with E-state index in [2.05, 4.69) is 5.32 Å². The fraction of sp³-hybridized carbons (Fsp3) is 0.417. The number of nitrogens with one attached hydrogen (secondary N) is 1. The summed E-state index contributed by atoms with van der Waals surface area (Å²) in [5.41, 5.74) is 0.150. The average Bonchev–Trinajstić information content (AvgIpc) is 3.07. The molecule has 1 aromatic carbocycles. The second-order valence-electron chi connectivity index (χ2n) is 4.27. The Hall–Kier alpha value is -1.49. The van der Waals surface area contributed by atoms with E-state index in [-0.39, 0.29) is 18.0 Å². The van der Waals surface area contributed by atoms with E-state index in [4.69, 9.17) is 5.11 Å². The average molecular weight is 241 g/mol.